The van der Waals surface area contributed by atoms with Crippen LogP contribution in [0.1, 0.15) is 17.7 Å². The van der Waals surface area contributed by atoms with Gasteiger partial charge < -0.3 is 14.9 Å². The van der Waals surface area contributed by atoms with E-state index in [9.17, 15) is 9.90 Å². The third kappa shape index (κ3) is 1.32. The minimum Gasteiger partial charge on any atom is -0.550 e. The molecule has 0 amide bonds. The van der Waals surface area contributed by atoms with E-state index in [-0.39, 0.29) is 5.92 Å². The lowest BCUT2D eigenvalue weighted by Crippen LogP contribution is -2.34. The molecule has 0 unspecified atom stereocenters. The Bertz CT molecular complexity index is 556. The van der Waals surface area contributed by atoms with Crippen LogP contribution in [-0.4, -0.2) is 11.0 Å². The zero-order chi connectivity index (χ0) is 11.1. The molecule has 1 heterocycles. The van der Waals surface area contributed by atoms with E-state index in [1.807, 2.05) is 18.2 Å². The Morgan fingerprint density at radius 1 is 1.38 bits per heavy atom. The second-order valence-electron chi connectivity index (χ2n) is 4.39. The van der Waals surface area contributed by atoms with E-state index in [1.165, 1.54) is 10.9 Å². The fourth-order valence-corrected chi connectivity index (χ4v) is 2.58. The van der Waals surface area contributed by atoms with Crippen molar-refractivity contribution in [3.8, 4) is 0 Å². The van der Waals surface area contributed by atoms with E-state index < -0.39 is 5.97 Å². The maximum atomic E-state index is 10.9. The van der Waals surface area contributed by atoms with Crippen LogP contribution in [0.5, 0.6) is 0 Å². The molecule has 0 saturated carbocycles. The molecule has 0 radical (unpaired) electrons. The zero-order valence-electron chi connectivity index (χ0n) is 8.82. The predicted molar refractivity (Wildman–Crippen MR) is 58.8 cm³/mol. The van der Waals surface area contributed by atoms with Gasteiger partial charge in [0.15, 0.2) is 0 Å². The maximum absolute atomic E-state index is 10.9. The first-order chi connectivity index (χ1) is 7.75. The van der Waals surface area contributed by atoms with Crippen LogP contribution in [0.25, 0.3) is 10.9 Å². The second-order valence-corrected chi connectivity index (χ2v) is 4.39. The van der Waals surface area contributed by atoms with Gasteiger partial charge in [0.2, 0.25) is 0 Å². The molecule has 1 atom stereocenters. The van der Waals surface area contributed by atoms with Crippen LogP contribution >= 0.6 is 0 Å². The van der Waals surface area contributed by atoms with Crippen molar-refractivity contribution in [1.82, 2.24) is 4.98 Å². The number of aliphatic carboxylic acids is 1. The van der Waals surface area contributed by atoms with Crippen molar-refractivity contribution in [2.75, 3.05) is 0 Å². The van der Waals surface area contributed by atoms with Gasteiger partial charge in [-0.25, -0.2) is 0 Å². The summed E-state index contributed by atoms with van der Waals surface area (Å²) in [7, 11) is 0. The highest BCUT2D eigenvalue weighted by Crippen LogP contribution is 2.31. The molecule has 0 fully saturated rings. The summed E-state index contributed by atoms with van der Waals surface area (Å²) < 4.78 is 0. The number of carboxylic acid groups (broad SMARTS) is 1. The second kappa shape index (κ2) is 3.37. The number of rotatable bonds is 1. The number of aromatic nitrogens is 1. The summed E-state index contributed by atoms with van der Waals surface area (Å²) in [4.78, 5) is 14.2. The molecule has 3 nitrogen and oxygen atoms in total. The fraction of sp³-hybridized carbons (Fsp3) is 0.308. The number of hydrogen-bond acceptors (Lipinski definition) is 2. The third-order valence-corrected chi connectivity index (χ3v) is 3.43. The number of fused-ring (bicyclic) bond motifs is 3. The molecule has 3 heteroatoms. The van der Waals surface area contributed by atoms with Crippen molar-refractivity contribution >= 4 is 16.9 Å². The first kappa shape index (κ1) is 9.46. The number of aryl methyl sites for hydroxylation is 1. The van der Waals surface area contributed by atoms with Gasteiger partial charge in [0.25, 0.3) is 0 Å². The van der Waals surface area contributed by atoms with Gasteiger partial charge in [-0.3, -0.25) is 0 Å². The van der Waals surface area contributed by atoms with Gasteiger partial charge in [0, 0.05) is 28.5 Å². The molecule has 0 saturated heterocycles. The van der Waals surface area contributed by atoms with Crippen LogP contribution in [-0.2, 0) is 17.6 Å². The smallest absolute Gasteiger partial charge is 0.0458 e. The van der Waals surface area contributed by atoms with Crippen LogP contribution in [0.2, 0.25) is 0 Å². The van der Waals surface area contributed by atoms with Crippen molar-refractivity contribution in [2.24, 2.45) is 5.92 Å². The molecule has 0 bridgehead atoms. The number of para-hydroxylation sites is 1. The monoisotopic (exact) mass is 214 g/mol. The van der Waals surface area contributed by atoms with Gasteiger partial charge in [-0.1, -0.05) is 18.2 Å². The SMILES string of the molecule is O=C([O-])[C@@H]1CCc2c([nH]c3ccccc23)C1. The van der Waals surface area contributed by atoms with Crippen LogP contribution in [0.15, 0.2) is 24.3 Å². The highest BCUT2D eigenvalue weighted by atomic mass is 16.4. The topological polar surface area (TPSA) is 55.9 Å². The van der Waals surface area contributed by atoms with Gasteiger partial charge in [0.05, 0.1) is 0 Å². The number of benzene rings is 1. The Balaban J connectivity index is 2.09. The molecule has 2 aromatic rings. The van der Waals surface area contributed by atoms with Crippen molar-refractivity contribution < 1.29 is 9.90 Å². The summed E-state index contributed by atoms with van der Waals surface area (Å²) in [5.74, 6) is -1.26. The molecule has 1 aromatic carbocycles. The summed E-state index contributed by atoms with van der Waals surface area (Å²) in [6, 6.07) is 8.12. The molecule has 1 N–H and O–H groups in total. The predicted octanol–water partition coefficient (Wildman–Crippen LogP) is 1.02. The highest BCUT2D eigenvalue weighted by Gasteiger charge is 2.22. The van der Waals surface area contributed by atoms with E-state index in [2.05, 4.69) is 11.1 Å². The van der Waals surface area contributed by atoms with Crippen molar-refractivity contribution in [3.63, 3.8) is 0 Å². The Morgan fingerprint density at radius 3 is 3.00 bits per heavy atom. The van der Waals surface area contributed by atoms with Gasteiger partial charge >= 0.3 is 0 Å². The number of aromatic amines is 1. The standard InChI is InChI=1S/C13H13NO2/c15-13(16)8-5-6-10-9-3-1-2-4-11(9)14-12(10)7-8/h1-4,8,14H,5-7H2,(H,15,16)/p-1/t8-/m1/s1. The summed E-state index contributed by atoms with van der Waals surface area (Å²) in [6.45, 7) is 0. The maximum Gasteiger partial charge on any atom is 0.0458 e. The van der Waals surface area contributed by atoms with E-state index >= 15 is 0 Å². The lowest BCUT2D eigenvalue weighted by molar-refractivity contribution is -0.311. The lowest BCUT2D eigenvalue weighted by Gasteiger charge is -2.22. The Hall–Kier alpha value is -1.77. The van der Waals surface area contributed by atoms with E-state index in [0.29, 0.717) is 12.8 Å². The molecule has 1 aliphatic carbocycles. The van der Waals surface area contributed by atoms with Gasteiger partial charge in [-0.2, -0.15) is 0 Å². The average molecular weight is 214 g/mol. The number of carboxylic acids is 1. The molecule has 0 spiro atoms. The minimum atomic E-state index is -0.927. The van der Waals surface area contributed by atoms with E-state index in [4.69, 9.17) is 0 Å². The van der Waals surface area contributed by atoms with Gasteiger partial charge in [-0.15, -0.1) is 0 Å². The molecule has 16 heavy (non-hydrogen) atoms. The summed E-state index contributed by atoms with van der Waals surface area (Å²) >= 11 is 0. The highest BCUT2D eigenvalue weighted by molar-refractivity contribution is 5.85. The molecular weight excluding hydrogens is 202 g/mol. The lowest BCUT2D eigenvalue weighted by atomic mass is 9.87. The molecular formula is C13H12NO2-. The van der Waals surface area contributed by atoms with Crippen LogP contribution in [0.4, 0.5) is 0 Å². The molecule has 0 aliphatic heterocycles. The minimum absolute atomic E-state index is 0.333. The number of carbonyl (C=O) groups excluding carboxylic acids is 1. The molecule has 1 aromatic heterocycles. The fourth-order valence-electron chi connectivity index (χ4n) is 2.58. The largest absolute Gasteiger partial charge is 0.550 e. The number of H-pyrrole nitrogens is 1. The average Bonchev–Trinajstić information content (AvgIpc) is 2.66. The molecule has 1 aliphatic rings. The number of nitrogens with one attached hydrogen (secondary N) is 1. The molecule has 3 rings (SSSR count). The summed E-state index contributed by atoms with van der Waals surface area (Å²) in [6.07, 6.45) is 2.10. The number of carbonyl (C=O) groups is 1. The Morgan fingerprint density at radius 2 is 2.19 bits per heavy atom. The van der Waals surface area contributed by atoms with E-state index in [1.54, 1.807) is 0 Å². The zero-order valence-corrected chi connectivity index (χ0v) is 8.82. The first-order valence-electron chi connectivity index (χ1n) is 5.55. The van der Waals surface area contributed by atoms with Crippen LogP contribution in [0.3, 0.4) is 0 Å². The van der Waals surface area contributed by atoms with Crippen molar-refractivity contribution in [1.29, 1.82) is 0 Å². The van der Waals surface area contributed by atoms with E-state index in [0.717, 1.165) is 17.6 Å². The summed E-state index contributed by atoms with van der Waals surface area (Å²) in [5, 5.41) is 12.1. The van der Waals surface area contributed by atoms with Gasteiger partial charge in [0.1, 0.15) is 0 Å². The molecule has 82 valence electrons. The normalized spacial score (nSPS) is 19.6. The van der Waals surface area contributed by atoms with Crippen molar-refractivity contribution in [3.05, 3.63) is 35.5 Å². The van der Waals surface area contributed by atoms with Crippen molar-refractivity contribution in [2.45, 2.75) is 19.3 Å². The Kier molecular flexibility index (Phi) is 1.99. The summed E-state index contributed by atoms with van der Waals surface area (Å²) in [5.41, 5.74) is 3.46. The van der Waals surface area contributed by atoms with Crippen LogP contribution < -0.4 is 5.11 Å². The van der Waals surface area contributed by atoms with Gasteiger partial charge in [-0.05, 0) is 30.9 Å². The Labute approximate surface area is 93.1 Å². The third-order valence-electron chi connectivity index (χ3n) is 3.43. The quantitative estimate of drug-likeness (QED) is 0.770. The first-order valence-corrected chi connectivity index (χ1v) is 5.55. The number of hydrogen-bond donors (Lipinski definition) is 1. The van der Waals surface area contributed by atoms with Crippen LogP contribution in [0, 0.1) is 5.92 Å².